The second-order valence-corrected chi connectivity index (χ2v) is 20.4. The van der Waals surface area contributed by atoms with Gasteiger partial charge in [-0.3, -0.25) is 0 Å². The smallest absolute Gasteiger partial charge is 0.0159 e. The lowest BCUT2D eigenvalue weighted by Gasteiger charge is -2.23. The molecular weight excluding hydrogens is 817 g/mol. The number of hydrogen-bond donors (Lipinski definition) is 0. The third-order valence-electron chi connectivity index (χ3n) is 15.8. The van der Waals surface area contributed by atoms with E-state index in [0.29, 0.717) is 0 Å². The van der Waals surface area contributed by atoms with E-state index in [0.717, 1.165) is 12.8 Å². The molecule has 0 heteroatoms. The fourth-order valence-corrected chi connectivity index (χ4v) is 12.1. The molecule has 0 aliphatic heterocycles. The minimum absolute atomic E-state index is 0.0209. The van der Waals surface area contributed by atoms with E-state index in [1.807, 2.05) is 0 Å². The van der Waals surface area contributed by atoms with Crippen molar-refractivity contribution >= 4 is 32.3 Å². The van der Waals surface area contributed by atoms with E-state index >= 15 is 0 Å². The highest BCUT2D eigenvalue weighted by atomic mass is 14.4. The van der Waals surface area contributed by atoms with E-state index in [2.05, 4.69) is 246 Å². The highest BCUT2D eigenvalue weighted by molar-refractivity contribution is 6.15. The van der Waals surface area contributed by atoms with Gasteiger partial charge in [-0.25, -0.2) is 0 Å². The van der Waals surface area contributed by atoms with Crippen molar-refractivity contribution in [2.24, 2.45) is 0 Å². The molecule has 0 atom stereocenters. The van der Waals surface area contributed by atoms with Crippen LogP contribution in [0.5, 0.6) is 0 Å². The first-order valence-electron chi connectivity index (χ1n) is 24.4. The van der Waals surface area contributed by atoms with Crippen molar-refractivity contribution in [1.29, 1.82) is 0 Å². The minimum Gasteiger partial charge on any atom is -0.0622 e. The van der Waals surface area contributed by atoms with Gasteiger partial charge in [-0.05, 0) is 176 Å². The molecule has 13 rings (SSSR count). The van der Waals surface area contributed by atoms with Crippen LogP contribution in [0.2, 0.25) is 0 Å². The van der Waals surface area contributed by atoms with E-state index < -0.39 is 0 Å². The Kier molecular flexibility index (Phi) is 9.15. The Labute approximate surface area is 400 Å². The van der Waals surface area contributed by atoms with Crippen molar-refractivity contribution in [3.05, 3.63) is 252 Å². The molecule has 0 bridgehead atoms. The van der Waals surface area contributed by atoms with Crippen molar-refractivity contribution in [2.45, 2.75) is 51.4 Å². The Balaban J connectivity index is 0.763. The fraction of sp³-hybridized carbons (Fsp3) is 0.118. The molecule has 0 heterocycles. The third kappa shape index (κ3) is 6.42. The summed E-state index contributed by atoms with van der Waals surface area (Å²) in [5, 5.41) is 7.75. The van der Waals surface area contributed by atoms with Gasteiger partial charge in [0, 0.05) is 10.8 Å². The van der Waals surface area contributed by atoms with Gasteiger partial charge in [0.15, 0.2) is 0 Å². The average molecular weight is 869 g/mol. The summed E-state index contributed by atoms with van der Waals surface area (Å²) in [6.07, 6.45) is 1.93. The summed E-state index contributed by atoms with van der Waals surface area (Å²) in [6.45, 7) is 9.53. The van der Waals surface area contributed by atoms with Gasteiger partial charge >= 0.3 is 0 Å². The molecular formula is C68H52. The molecule has 0 N–H and O–H groups in total. The summed E-state index contributed by atoms with van der Waals surface area (Å²) in [7, 11) is 0. The maximum absolute atomic E-state index is 2.46. The molecule has 11 aromatic carbocycles. The van der Waals surface area contributed by atoms with Crippen LogP contribution in [-0.2, 0) is 23.7 Å². The molecule has 0 saturated heterocycles. The lowest BCUT2D eigenvalue weighted by atomic mass is 9.80. The van der Waals surface area contributed by atoms with Gasteiger partial charge in [0.2, 0.25) is 0 Å². The summed E-state index contributed by atoms with van der Waals surface area (Å²) in [5.74, 6) is 0. The zero-order chi connectivity index (χ0) is 45.7. The summed E-state index contributed by atoms with van der Waals surface area (Å²) >= 11 is 0. The molecule has 2 aliphatic carbocycles. The van der Waals surface area contributed by atoms with Crippen molar-refractivity contribution in [1.82, 2.24) is 0 Å². The van der Waals surface area contributed by atoms with Crippen molar-refractivity contribution in [3.63, 3.8) is 0 Å². The van der Waals surface area contributed by atoms with Crippen LogP contribution in [0.25, 0.3) is 99.1 Å². The Bertz CT molecular complexity index is 3840. The zero-order valence-corrected chi connectivity index (χ0v) is 39.2. The molecule has 68 heavy (non-hydrogen) atoms. The van der Waals surface area contributed by atoms with Gasteiger partial charge in [0.1, 0.15) is 0 Å². The van der Waals surface area contributed by atoms with Crippen LogP contribution in [-0.4, -0.2) is 0 Å². The summed E-state index contributed by atoms with van der Waals surface area (Å²) in [6, 6.07) is 82.4. The first-order valence-corrected chi connectivity index (χ1v) is 24.4. The first kappa shape index (κ1) is 40.5. The molecule has 0 amide bonds. The second kappa shape index (κ2) is 15.4. The van der Waals surface area contributed by atoms with E-state index in [1.54, 1.807) is 0 Å². The number of rotatable bonds is 7. The van der Waals surface area contributed by atoms with E-state index in [1.165, 1.54) is 132 Å². The SMILES string of the molecule is CC1(C)c2ccccc2-c2ccc(-c3ccc4c(c3)C(C)(C)c3cc(-c5ccc6cc(-c7cccc(CCc8ccc9ccc%10ccccc%10c9c8-c8ccccc8)c7)ccc6c5)ccc3-4)cc21. The van der Waals surface area contributed by atoms with Crippen molar-refractivity contribution < 1.29 is 0 Å². The Morgan fingerprint density at radius 2 is 0.765 bits per heavy atom. The van der Waals surface area contributed by atoms with Crippen molar-refractivity contribution in [2.75, 3.05) is 0 Å². The van der Waals surface area contributed by atoms with Crippen LogP contribution in [0.1, 0.15) is 61.1 Å². The van der Waals surface area contributed by atoms with Gasteiger partial charge < -0.3 is 0 Å². The van der Waals surface area contributed by atoms with E-state index in [-0.39, 0.29) is 10.8 Å². The maximum Gasteiger partial charge on any atom is 0.0159 e. The molecule has 0 unspecified atom stereocenters. The lowest BCUT2D eigenvalue weighted by molar-refractivity contribution is 0.659. The Morgan fingerprint density at radius 1 is 0.294 bits per heavy atom. The summed E-state index contributed by atoms with van der Waals surface area (Å²) < 4.78 is 0. The Hall–Kier alpha value is -7.80. The molecule has 2 aliphatic rings. The average Bonchev–Trinajstić information content (AvgIpc) is 3.76. The van der Waals surface area contributed by atoms with Gasteiger partial charge in [-0.1, -0.05) is 216 Å². The van der Waals surface area contributed by atoms with Gasteiger partial charge in [0.05, 0.1) is 0 Å². The van der Waals surface area contributed by atoms with Crippen LogP contribution >= 0.6 is 0 Å². The molecule has 0 radical (unpaired) electrons. The molecule has 0 nitrogen and oxygen atoms in total. The van der Waals surface area contributed by atoms with E-state index in [4.69, 9.17) is 0 Å². The predicted octanol–water partition coefficient (Wildman–Crippen LogP) is 18.2. The molecule has 0 spiro atoms. The van der Waals surface area contributed by atoms with Crippen LogP contribution in [0.4, 0.5) is 0 Å². The largest absolute Gasteiger partial charge is 0.0622 e. The summed E-state index contributed by atoms with van der Waals surface area (Å²) in [4.78, 5) is 0. The third-order valence-corrected chi connectivity index (χ3v) is 15.8. The van der Waals surface area contributed by atoms with Gasteiger partial charge in [-0.2, -0.15) is 0 Å². The predicted molar refractivity (Wildman–Crippen MR) is 290 cm³/mol. The highest BCUT2D eigenvalue weighted by Crippen LogP contribution is 2.53. The molecule has 0 aromatic heterocycles. The monoisotopic (exact) mass is 868 g/mol. The van der Waals surface area contributed by atoms with Gasteiger partial charge in [-0.15, -0.1) is 0 Å². The first-order chi connectivity index (χ1) is 33.2. The zero-order valence-electron chi connectivity index (χ0n) is 39.2. The van der Waals surface area contributed by atoms with Crippen LogP contribution < -0.4 is 0 Å². The maximum atomic E-state index is 2.46. The summed E-state index contributed by atoms with van der Waals surface area (Å²) in [5.41, 5.74) is 23.9. The number of hydrogen-bond acceptors (Lipinski definition) is 0. The highest BCUT2D eigenvalue weighted by Gasteiger charge is 2.37. The van der Waals surface area contributed by atoms with Crippen LogP contribution in [0.15, 0.2) is 218 Å². The van der Waals surface area contributed by atoms with E-state index in [9.17, 15) is 0 Å². The standard InChI is InChI=1S/C68H52/c1-67(2)61-20-11-10-19-57(61)58-34-32-54(41-62(58)67)55-33-36-60-59-35-31-53(40-63(59)68(3,4)64(60)42-55)52-30-29-50-38-49(27-28-51(50)39-52)48-17-12-13-43(37-48)21-22-46-25-26-47-24-23-44-14-8-9-18-56(44)66(47)65(46)45-15-6-5-7-16-45/h5-20,23-42H,21-22H2,1-4H3. The lowest BCUT2D eigenvalue weighted by Crippen LogP contribution is -2.15. The van der Waals surface area contributed by atoms with Crippen LogP contribution in [0.3, 0.4) is 0 Å². The quantitative estimate of drug-likeness (QED) is 0.140. The van der Waals surface area contributed by atoms with Crippen molar-refractivity contribution in [3.8, 4) is 66.8 Å². The fourth-order valence-electron chi connectivity index (χ4n) is 12.1. The van der Waals surface area contributed by atoms with Crippen LogP contribution in [0, 0.1) is 0 Å². The molecule has 0 fully saturated rings. The normalized spacial score (nSPS) is 13.9. The topological polar surface area (TPSA) is 0 Å². The second-order valence-electron chi connectivity index (χ2n) is 20.4. The minimum atomic E-state index is -0.127. The number of fused-ring (bicyclic) bond motifs is 10. The van der Waals surface area contributed by atoms with Gasteiger partial charge in [0.25, 0.3) is 0 Å². The molecule has 11 aromatic rings. The Morgan fingerprint density at radius 3 is 1.43 bits per heavy atom. The molecule has 324 valence electrons. The number of aryl methyl sites for hydroxylation is 2. The molecule has 0 saturated carbocycles. The number of benzene rings is 11.